The molecule has 0 aliphatic heterocycles. The normalized spacial score (nSPS) is 11.5. The summed E-state index contributed by atoms with van der Waals surface area (Å²) in [5.74, 6) is 0. The number of benzene rings is 2. The average molecular weight is 428 g/mol. The smallest absolute Gasteiger partial charge is 0.120 e. The molecule has 0 saturated heterocycles. The molecule has 0 aliphatic carbocycles. The van der Waals surface area contributed by atoms with E-state index in [1.165, 1.54) is 23.5 Å². The lowest BCUT2D eigenvalue weighted by molar-refractivity contribution is 1.55. The molecule has 0 amide bonds. The second-order valence-electron chi connectivity index (χ2n) is 4.15. The summed E-state index contributed by atoms with van der Waals surface area (Å²) in [6.45, 7) is 0. The monoisotopic (exact) mass is 426 g/mol. The van der Waals surface area contributed by atoms with E-state index in [0.29, 0.717) is 0 Å². The predicted molar refractivity (Wildman–Crippen MR) is 89.2 cm³/mol. The molecular formula is C12H4Br2N4S2. The number of fused-ring (bicyclic) bond motifs is 2. The fourth-order valence-electron chi connectivity index (χ4n) is 2.03. The number of halogens is 2. The van der Waals surface area contributed by atoms with Crippen molar-refractivity contribution in [2.75, 3.05) is 0 Å². The van der Waals surface area contributed by atoms with Crippen LogP contribution in [0.2, 0.25) is 0 Å². The van der Waals surface area contributed by atoms with Gasteiger partial charge < -0.3 is 0 Å². The molecular weight excluding hydrogens is 424 g/mol. The lowest BCUT2D eigenvalue weighted by atomic mass is 10.0. The van der Waals surface area contributed by atoms with E-state index in [-0.39, 0.29) is 0 Å². The molecule has 0 saturated carbocycles. The standard InChI is InChI=1S/C12H4Br2N4S2/c13-7-4-6(10(14)12-11(7)17-20-18-12)5-1-2-8-9(3-5)16-19-15-8/h1-4H. The molecule has 4 rings (SSSR count). The van der Waals surface area contributed by atoms with E-state index >= 15 is 0 Å². The minimum Gasteiger partial charge on any atom is -0.173 e. The van der Waals surface area contributed by atoms with Crippen LogP contribution in [0.1, 0.15) is 0 Å². The van der Waals surface area contributed by atoms with Crippen LogP contribution in [0.15, 0.2) is 33.2 Å². The highest BCUT2D eigenvalue weighted by atomic mass is 79.9. The Bertz CT molecular complexity index is 947. The Labute approximate surface area is 138 Å². The highest BCUT2D eigenvalue weighted by Gasteiger charge is 2.14. The Balaban J connectivity index is 2.03. The summed E-state index contributed by atoms with van der Waals surface area (Å²) in [5, 5.41) is 0. The second-order valence-corrected chi connectivity index (χ2v) is 6.85. The van der Waals surface area contributed by atoms with Gasteiger partial charge in [-0.3, -0.25) is 0 Å². The van der Waals surface area contributed by atoms with Gasteiger partial charge in [-0.2, -0.15) is 17.5 Å². The first kappa shape index (κ1) is 12.8. The Morgan fingerprint density at radius 2 is 1.55 bits per heavy atom. The molecule has 0 unspecified atom stereocenters. The van der Waals surface area contributed by atoms with Crippen molar-refractivity contribution in [3.8, 4) is 11.1 Å². The van der Waals surface area contributed by atoms with E-state index in [2.05, 4.69) is 55.4 Å². The molecule has 0 spiro atoms. The van der Waals surface area contributed by atoms with Crippen LogP contribution in [0.4, 0.5) is 0 Å². The molecule has 8 heteroatoms. The van der Waals surface area contributed by atoms with Gasteiger partial charge in [0.05, 0.1) is 27.9 Å². The van der Waals surface area contributed by atoms with Gasteiger partial charge in [0.1, 0.15) is 22.1 Å². The van der Waals surface area contributed by atoms with Crippen LogP contribution in [0.5, 0.6) is 0 Å². The van der Waals surface area contributed by atoms with E-state index in [4.69, 9.17) is 0 Å². The van der Waals surface area contributed by atoms with Gasteiger partial charge in [0.2, 0.25) is 0 Å². The minimum atomic E-state index is 0.871. The van der Waals surface area contributed by atoms with Crippen molar-refractivity contribution in [2.45, 2.75) is 0 Å². The highest BCUT2D eigenvalue weighted by Crippen LogP contribution is 2.38. The molecule has 0 bridgehead atoms. The van der Waals surface area contributed by atoms with Crippen molar-refractivity contribution in [2.24, 2.45) is 0 Å². The zero-order chi connectivity index (χ0) is 13.7. The maximum absolute atomic E-state index is 4.35. The van der Waals surface area contributed by atoms with E-state index in [1.54, 1.807) is 0 Å². The molecule has 0 fully saturated rings. The van der Waals surface area contributed by atoms with Gasteiger partial charge in [-0.1, -0.05) is 6.07 Å². The van der Waals surface area contributed by atoms with Crippen molar-refractivity contribution < 1.29 is 0 Å². The van der Waals surface area contributed by atoms with Gasteiger partial charge in [-0.05, 0) is 61.2 Å². The van der Waals surface area contributed by atoms with Crippen LogP contribution in [0, 0.1) is 0 Å². The van der Waals surface area contributed by atoms with Crippen molar-refractivity contribution in [1.82, 2.24) is 17.5 Å². The highest BCUT2D eigenvalue weighted by molar-refractivity contribution is 9.11. The van der Waals surface area contributed by atoms with E-state index in [1.807, 2.05) is 18.2 Å². The average Bonchev–Trinajstić information content (AvgIpc) is 3.10. The SMILES string of the molecule is Brc1cc(-c2ccc3nsnc3c2)c(Br)c2nsnc12. The van der Waals surface area contributed by atoms with Gasteiger partial charge in [-0.25, -0.2) is 0 Å². The van der Waals surface area contributed by atoms with Gasteiger partial charge in [0, 0.05) is 4.47 Å². The van der Waals surface area contributed by atoms with Crippen LogP contribution in [0.25, 0.3) is 33.2 Å². The van der Waals surface area contributed by atoms with E-state index < -0.39 is 0 Å². The topological polar surface area (TPSA) is 51.6 Å². The second kappa shape index (κ2) is 4.80. The summed E-state index contributed by atoms with van der Waals surface area (Å²) in [7, 11) is 0. The van der Waals surface area contributed by atoms with Gasteiger partial charge in [-0.15, -0.1) is 0 Å². The van der Waals surface area contributed by atoms with Crippen LogP contribution < -0.4 is 0 Å². The van der Waals surface area contributed by atoms with Crippen LogP contribution in [0.3, 0.4) is 0 Å². The molecule has 0 aliphatic rings. The van der Waals surface area contributed by atoms with Crippen molar-refractivity contribution in [3.63, 3.8) is 0 Å². The van der Waals surface area contributed by atoms with Crippen molar-refractivity contribution >= 4 is 77.4 Å². The third-order valence-corrected chi connectivity index (χ3v) is 5.49. The van der Waals surface area contributed by atoms with Gasteiger partial charge in [0.25, 0.3) is 0 Å². The van der Waals surface area contributed by atoms with Gasteiger partial charge in [0.15, 0.2) is 0 Å². The van der Waals surface area contributed by atoms with E-state index in [9.17, 15) is 0 Å². The van der Waals surface area contributed by atoms with Crippen LogP contribution in [-0.2, 0) is 0 Å². The molecule has 2 heterocycles. The zero-order valence-electron chi connectivity index (χ0n) is 9.67. The Morgan fingerprint density at radius 1 is 0.800 bits per heavy atom. The quantitative estimate of drug-likeness (QED) is 0.434. The molecule has 0 atom stereocenters. The lowest BCUT2D eigenvalue weighted by Gasteiger charge is -2.06. The van der Waals surface area contributed by atoms with E-state index in [0.717, 1.165) is 42.1 Å². The number of nitrogens with zero attached hydrogens (tertiary/aromatic N) is 4. The molecule has 0 radical (unpaired) electrons. The fourth-order valence-corrected chi connectivity index (χ4v) is 4.48. The summed E-state index contributed by atoms with van der Waals surface area (Å²) in [4.78, 5) is 0. The Morgan fingerprint density at radius 3 is 2.45 bits per heavy atom. The zero-order valence-corrected chi connectivity index (χ0v) is 14.5. The number of aromatic nitrogens is 4. The van der Waals surface area contributed by atoms with Crippen LogP contribution in [-0.4, -0.2) is 17.5 Å². The summed E-state index contributed by atoms with van der Waals surface area (Å²) in [6.07, 6.45) is 0. The Kier molecular flexibility index (Phi) is 3.06. The number of hydrogen-bond acceptors (Lipinski definition) is 6. The number of rotatable bonds is 1. The fraction of sp³-hybridized carbons (Fsp3) is 0. The summed E-state index contributed by atoms with van der Waals surface area (Å²) in [6, 6.07) is 8.12. The summed E-state index contributed by atoms with van der Waals surface area (Å²) >= 11 is 9.63. The molecule has 2 aromatic carbocycles. The number of hydrogen-bond donors (Lipinski definition) is 0. The maximum Gasteiger partial charge on any atom is 0.120 e. The molecule has 98 valence electrons. The lowest BCUT2D eigenvalue weighted by Crippen LogP contribution is -1.84. The first-order valence-electron chi connectivity index (χ1n) is 5.57. The Hall–Kier alpha value is -0.960. The third-order valence-electron chi connectivity index (χ3n) is 2.99. The van der Waals surface area contributed by atoms with Crippen molar-refractivity contribution in [1.29, 1.82) is 0 Å². The predicted octanol–water partition coefficient (Wildman–Crippen LogP) is 4.89. The van der Waals surface area contributed by atoms with Crippen molar-refractivity contribution in [3.05, 3.63) is 33.2 Å². The van der Waals surface area contributed by atoms with Gasteiger partial charge >= 0.3 is 0 Å². The minimum absolute atomic E-state index is 0.871. The largest absolute Gasteiger partial charge is 0.173 e. The molecule has 0 N–H and O–H groups in total. The summed E-state index contributed by atoms with van der Waals surface area (Å²) in [5.41, 5.74) is 5.72. The molecule has 4 aromatic rings. The molecule has 4 nitrogen and oxygen atoms in total. The van der Waals surface area contributed by atoms with Crippen LogP contribution >= 0.6 is 55.3 Å². The first-order valence-corrected chi connectivity index (χ1v) is 8.61. The first-order chi connectivity index (χ1) is 9.74. The summed E-state index contributed by atoms with van der Waals surface area (Å²) < 4.78 is 19.0. The maximum atomic E-state index is 4.35. The molecule has 20 heavy (non-hydrogen) atoms. The molecule has 2 aromatic heterocycles. The third kappa shape index (κ3) is 1.90.